The Morgan fingerprint density at radius 1 is 1.48 bits per heavy atom. The average Bonchev–Trinajstić information content (AvgIpc) is 2.83. The van der Waals surface area contributed by atoms with Crippen molar-refractivity contribution in [2.24, 2.45) is 0 Å². The van der Waals surface area contributed by atoms with E-state index in [1.165, 1.54) is 11.3 Å². The summed E-state index contributed by atoms with van der Waals surface area (Å²) in [6.45, 7) is 1.51. The van der Waals surface area contributed by atoms with Crippen molar-refractivity contribution in [3.8, 4) is 5.75 Å². The van der Waals surface area contributed by atoms with Crippen LogP contribution in [0.3, 0.4) is 0 Å². The van der Waals surface area contributed by atoms with Gasteiger partial charge in [-0.3, -0.25) is 14.9 Å². The van der Waals surface area contributed by atoms with E-state index in [9.17, 15) is 19.3 Å². The summed E-state index contributed by atoms with van der Waals surface area (Å²) in [7, 11) is 0. The molecule has 0 bridgehead atoms. The lowest BCUT2D eigenvalue weighted by Crippen LogP contribution is -2.11. The first-order valence-electron chi connectivity index (χ1n) is 5.74. The standard InChI is InChI=1S/C13H9BrFNO4S/c1-7-2-3-12(21-7)11(17)6-20-13-9(14)4-8(15)5-10(13)16(18)19/h2-5H,6H2,1H3. The monoisotopic (exact) mass is 373 g/mol. The molecule has 0 radical (unpaired) electrons. The summed E-state index contributed by atoms with van der Waals surface area (Å²) in [5.74, 6) is -1.22. The van der Waals surface area contributed by atoms with Gasteiger partial charge in [-0.15, -0.1) is 11.3 Å². The van der Waals surface area contributed by atoms with Gasteiger partial charge >= 0.3 is 5.69 Å². The lowest BCUT2D eigenvalue weighted by Gasteiger charge is -2.07. The van der Waals surface area contributed by atoms with Crippen molar-refractivity contribution in [1.82, 2.24) is 0 Å². The molecule has 0 saturated heterocycles. The summed E-state index contributed by atoms with van der Waals surface area (Å²) in [5.41, 5.74) is -0.531. The zero-order valence-electron chi connectivity index (χ0n) is 10.8. The van der Waals surface area contributed by atoms with E-state index in [4.69, 9.17) is 4.74 Å². The number of nitrogens with zero attached hydrogens (tertiary/aromatic N) is 1. The summed E-state index contributed by atoms with van der Waals surface area (Å²) >= 11 is 4.31. The number of aryl methyl sites for hydroxylation is 1. The van der Waals surface area contributed by atoms with Crippen molar-refractivity contribution in [3.05, 3.63) is 54.4 Å². The molecule has 1 aromatic carbocycles. The van der Waals surface area contributed by atoms with Gasteiger partial charge in [-0.1, -0.05) is 0 Å². The number of nitro groups is 1. The van der Waals surface area contributed by atoms with Crippen molar-refractivity contribution in [2.45, 2.75) is 6.92 Å². The quantitative estimate of drug-likeness (QED) is 0.448. The third-order valence-electron chi connectivity index (χ3n) is 2.55. The zero-order valence-corrected chi connectivity index (χ0v) is 13.2. The van der Waals surface area contributed by atoms with Crippen LogP contribution in [0.1, 0.15) is 14.5 Å². The fourth-order valence-electron chi connectivity index (χ4n) is 1.62. The topological polar surface area (TPSA) is 69.4 Å². The van der Waals surface area contributed by atoms with Crippen molar-refractivity contribution in [1.29, 1.82) is 0 Å². The molecule has 0 fully saturated rings. The van der Waals surface area contributed by atoms with Crippen LogP contribution < -0.4 is 4.74 Å². The molecule has 0 atom stereocenters. The second-order valence-corrected chi connectivity index (χ2v) is 6.26. The number of ether oxygens (including phenoxy) is 1. The molecule has 1 aromatic heterocycles. The van der Waals surface area contributed by atoms with Gasteiger partial charge in [0.15, 0.2) is 6.61 Å². The zero-order chi connectivity index (χ0) is 15.6. The Bertz CT molecular complexity index is 716. The average molecular weight is 374 g/mol. The predicted octanol–water partition coefficient (Wildman–Crippen LogP) is 4.13. The maximum Gasteiger partial charge on any atom is 0.315 e. The molecule has 0 aliphatic carbocycles. The Balaban J connectivity index is 2.20. The smallest absolute Gasteiger partial charge is 0.315 e. The SMILES string of the molecule is Cc1ccc(C(=O)COc2c(Br)cc(F)cc2[N+](=O)[O-])s1. The van der Waals surface area contributed by atoms with E-state index in [0.29, 0.717) is 4.88 Å². The molecule has 2 aromatic rings. The molecule has 21 heavy (non-hydrogen) atoms. The van der Waals surface area contributed by atoms with Crippen molar-refractivity contribution in [2.75, 3.05) is 6.61 Å². The van der Waals surface area contributed by atoms with Gasteiger partial charge in [0, 0.05) is 4.88 Å². The van der Waals surface area contributed by atoms with Gasteiger partial charge in [0.25, 0.3) is 0 Å². The van der Waals surface area contributed by atoms with E-state index in [1.54, 1.807) is 12.1 Å². The minimum absolute atomic E-state index is 0.0874. The van der Waals surface area contributed by atoms with E-state index in [1.807, 2.05) is 6.92 Å². The van der Waals surface area contributed by atoms with Crippen LogP contribution in [0.5, 0.6) is 5.75 Å². The second-order valence-electron chi connectivity index (χ2n) is 4.12. The maximum atomic E-state index is 13.2. The summed E-state index contributed by atoms with van der Waals surface area (Å²) < 4.78 is 18.5. The lowest BCUT2D eigenvalue weighted by atomic mass is 10.3. The van der Waals surface area contributed by atoms with E-state index in [0.717, 1.165) is 17.0 Å². The van der Waals surface area contributed by atoms with Gasteiger partial charge in [0.2, 0.25) is 11.5 Å². The molecule has 0 spiro atoms. The number of benzene rings is 1. The van der Waals surface area contributed by atoms with E-state index >= 15 is 0 Å². The van der Waals surface area contributed by atoms with E-state index in [2.05, 4.69) is 15.9 Å². The minimum Gasteiger partial charge on any atom is -0.478 e. The summed E-state index contributed by atoms with van der Waals surface area (Å²) in [6.07, 6.45) is 0. The number of nitro benzene ring substituents is 1. The maximum absolute atomic E-state index is 13.2. The fourth-order valence-corrected chi connectivity index (χ4v) is 2.95. The molecule has 0 aliphatic heterocycles. The highest BCUT2D eigenvalue weighted by atomic mass is 79.9. The van der Waals surface area contributed by atoms with Crippen LogP contribution in [0, 0.1) is 22.9 Å². The molecule has 110 valence electrons. The number of carbonyl (C=O) groups excluding carboxylic acids is 1. The molecule has 5 nitrogen and oxygen atoms in total. The van der Waals surface area contributed by atoms with Crippen LogP contribution in [0.15, 0.2) is 28.7 Å². The molecule has 1 heterocycles. The number of hydrogen-bond donors (Lipinski definition) is 0. The Kier molecular flexibility index (Phi) is 4.69. The number of halogens is 2. The Hall–Kier alpha value is -1.80. The van der Waals surface area contributed by atoms with Crippen LogP contribution in [0.4, 0.5) is 10.1 Å². The number of carbonyl (C=O) groups is 1. The first kappa shape index (κ1) is 15.6. The molecule has 0 aliphatic rings. The van der Waals surface area contributed by atoms with Gasteiger partial charge in [-0.25, -0.2) is 4.39 Å². The summed E-state index contributed by atoms with van der Waals surface area (Å²) in [6, 6.07) is 5.26. The van der Waals surface area contributed by atoms with Crippen molar-refractivity contribution >= 4 is 38.7 Å². The van der Waals surface area contributed by atoms with Crippen LogP contribution in [-0.4, -0.2) is 17.3 Å². The largest absolute Gasteiger partial charge is 0.478 e. The molecule has 0 amide bonds. The van der Waals surface area contributed by atoms with Crippen LogP contribution in [-0.2, 0) is 0 Å². The molecule has 0 N–H and O–H groups in total. The van der Waals surface area contributed by atoms with Gasteiger partial charge in [-0.05, 0) is 41.1 Å². The van der Waals surface area contributed by atoms with Crippen LogP contribution >= 0.6 is 27.3 Å². The van der Waals surface area contributed by atoms with Crippen molar-refractivity contribution < 1.29 is 18.8 Å². The van der Waals surface area contributed by atoms with E-state index in [-0.39, 0.29) is 22.6 Å². The van der Waals surface area contributed by atoms with Gasteiger partial charge in [-0.2, -0.15) is 0 Å². The molecule has 0 unspecified atom stereocenters. The molecule has 2 rings (SSSR count). The number of thiophene rings is 1. The molecule has 0 saturated carbocycles. The normalized spacial score (nSPS) is 10.4. The minimum atomic E-state index is -0.763. The third-order valence-corrected chi connectivity index (χ3v) is 4.18. The molecular formula is C13H9BrFNO4S. The van der Waals surface area contributed by atoms with Gasteiger partial charge in [0.05, 0.1) is 20.3 Å². The van der Waals surface area contributed by atoms with Crippen LogP contribution in [0.25, 0.3) is 0 Å². The predicted molar refractivity (Wildman–Crippen MR) is 79.6 cm³/mol. The summed E-state index contributed by atoms with van der Waals surface area (Å²) in [5, 5.41) is 10.9. The molecule has 8 heteroatoms. The lowest BCUT2D eigenvalue weighted by molar-refractivity contribution is -0.386. The van der Waals surface area contributed by atoms with Crippen molar-refractivity contribution in [3.63, 3.8) is 0 Å². The fraction of sp³-hybridized carbons (Fsp3) is 0.154. The van der Waals surface area contributed by atoms with Gasteiger partial charge < -0.3 is 4.74 Å². The Labute approximate surface area is 131 Å². The second kappa shape index (κ2) is 6.31. The Morgan fingerprint density at radius 3 is 2.76 bits per heavy atom. The van der Waals surface area contributed by atoms with Crippen LogP contribution in [0.2, 0.25) is 0 Å². The highest BCUT2D eigenvalue weighted by Crippen LogP contribution is 2.36. The van der Waals surface area contributed by atoms with Gasteiger partial charge in [0.1, 0.15) is 5.82 Å². The number of ketones is 1. The number of Topliss-reactive ketones (excluding diaryl/α,β-unsaturated/α-hetero) is 1. The van der Waals surface area contributed by atoms with E-state index < -0.39 is 16.4 Å². The number of hydrogen-bond acceptors (Lipinski definition) is 5. The first-order valence-corrected chi connectivity index (χ1v) is 7.35. The Morgan fingerprint density at radius 2 is 2.19 bits per heavy atom. The highest BCUT2D eigenvalue weighted by Gasteiger charge is 2.22. The number of rotatable bonds is 5. The highest BCUT2D eigenvalue weighted by molar-refractivity contribution is 9.10. The molecular weight excluding hydrogens is 365 g/mol. The third kappa shape index (κ3) is 3.64. The first-order chi connectivity index (χ1) is 9.88. The summed E-state index contributed by atoms with van der Waals surface area (Å²) in [4.78, 5) is 23.5.